The van der Waals surface area contributed by atoms with Gasteiger partial charge in [0.05, 0.1) is 20.8 Å². The molecule has 158 valence electrons. The van der Waals surface area contributed by atoms with Gasteiger partial charge in [0.2, 0.25) is 0 Å². The number of carbonyl (C=O) groups excluding carboxylic acids is 3. The molecule has 1 aromatic carbocycles. The molecule has 0 bridgehead atoms. The van der Waals surface area contributed by atoms with Gasteiger partial charge in [-0.2, -0.15) is 13.2 Å². The van der Waals surface area contributed by atoms with Crippen molar-refractivity contribution in [3.05, 3.63) is 39.5 Å². The molecule has 1 heterocycles. The van der Waals surface area contributed by atoms with Crippen LogP contribution in [0.2, 0.25) is 15.1 Å². The van der Waals surface area contributed by atoms with Crippen molar-refractivity contribution < 1.29 is 32.3 Å². The topological polar surface area (TPSA) is 75.7 Å². The highest BCUT2D eigenvalue weighted by atomic mass is 35.5. The maximum absolute atomic E-state index is 12.3. The van der Waals surface area contributed by atoms with Crippen molar-refractivity contribution >= 4 is 58.1 Å². The lowest BCUT2D eigenvalue weighted by atomic mass is 10.2. The Hall–Kier alpha value is -1.97. The molecule has 0 radical (unpaired) electrons. The molecule has 6 nitrogen and oxygen atoms in total. The van der Waals surface area contributed by atoms with E-state index in [1.807, 2.05) is 0 Å². The lowest BCUT2D eigenvalue weighted by Gasteiger charge is -2.21. The van der Waals surface area contributed by atoms with Crippen LogP contribution in [0.4, 0.5) is 18.9 Å². The number of nitrogens with zero attached hydrogens (tertiary/aromatic N) is 1. The van der Waals surface area contributed by atoms with E-state index in [-0.39, 0.29) is 27.3 Å². The molecular weight excluding hydrogens is 460 g/mol. The van der Waals surface area contributed by atoms with Crippen molar-refractivity contribution in [1.29, 1.82) is 0 Å². The quantitative estimate of drug-likeness (QED) is 0.380. The third-order valence-corrected chi connectivity index (χ3v) is 4.93. The molecule has 1 aromatic rings. The molecular formula is C17H14Cl3F3N2O4. The summed E-state index contributed by atoms with van der Waals surface area (Å²) < 4.78 is 41.7. The number of likely N-dealkylation sites (tertiary alicyclic amines) is 1. The van der Waals surface area contributed by atoms with Crippen LogP contribution < -0.4 is 5.32 Å². The zero-order valence-electron chi connectivity index (χ0n) is 14.6. The third-order valence-electron chi connectivity index (χ3n) is 3.89. The van der Waals surface area contributed by atoms with Gasteiger partial charge in [-0.1, -0.05) is 34.8 Å². The number of alkyl halides is 3. The van der Waals surface area contributed by atoms with Gasteiger partial charge in [0.1, 0.15) is 6.04 Å². The molecule has 0 spiro atoms. The van der Waals surface area contributed by atoms with Gasteiger partial charge in [-0.15, -0.1) is 0 Å². The predicted octanol–water partition coefficient (Wildman–Crippen LogP) is 4.24. The molecule has 1 atom stereocenters. The van der Waals surface area contributed by atoms with Crippen LogP contribution in [0.15, 0.2) is 24.4 Å². The standard InChI is InChI=1S/C17H14Cl3F3N2O4/c18-9-6-11(20)12(7-10(9)19)24-15(27)8-29-16(28)13-2-1-4-25(13)5-3-14(26)17(21,22)23/h3,5-7,13H,1-2,4,8H2,(H,24,27)/b5-3+. The Morgan fingerprint density at radius 3 is 2.48 bits per heavy atom. The monoisotopic (exact) mass is 472 g/mol. The van der Waals surface area contributed by atoms with Crippen molar-refractivity contribution in [1.82, 2.24) is 4.90 Å². The smallest absolute Gasteiger partial charge is 0.454 e. The number of ether oxygens (including phenoxy) is 1. The molecule has 1 unspecified atom stereocenters. The van der Waals surface area contributed by atoms with Crippen LogP contribution in [-0.2, 0) is 19.1 Å². The highest BCUT2D eigenvalue weighted by Gasteiger charge is 2.37. The normalized spacial score (nSPS) is 16.9. The van der Waals surface area contributed by atoms with Crippen LogP contribution in [0.25, 0.3) is 0 Å². The zero-order valence-corrected chi connectivity index (χ0v) is 16.8. The first-order valence-corrected chi connectivity index (χ1v) is 9.28. The minimum Gasteiger partial charge on any atom is -0.454 e. The average molecular weight is 474 g/mol. The Morgan fingerprint density at radius 1 is 1.17 bits per heavy atom. The predicted molar refractivity (Wildman–Crippen MR) is 101 cm³/mol. The van der Waals surface area contributed by atoms with E-state index in [1.54, 1.807) is 0 Å². The fourth-order valence-electron chi connectivity index (χ4n) is 2.52. The lowest BCUT2D eigenvalue weighted by molar-refractivity contribution is -0.165. The fourth-order valence-corrected chi connectivity index (χ4v) is 3.11. The number of esters is 1. The molecule has 12 heteroatoms. The summed E-state index contributed by atoms with van der Waals surface area (Å²) in [5.41, 5.74) is 0.165. The molecule has 29 heavy (non-hydrogen) atoms. The number of carbonyl (C=O) groups is 3. The Kier molecular flexibility index (Phi) is 7.79. The minimum absolute atomic E-state index is 0.125. The Bertz CT molecular complexity index is 846. The maximum Gasteiger partial charge on any atom is 0.454 e. The van der Waals surface area contributed by atoms with Crippen LogP contribution in [0.3, 0.4) is 0 Å². The van der Waals surface area contributed by atoms with Gasteiger partial charge in [0.15, 0.2) is 6.61 Å². The summed E-state index contributed by atoms with van der Waals surface area (Å²) in [6.07, 6.45) is -2.91. The number of hydrogen-bond acceptors (Lipinski definition) is 5. The van der Waals surface area contributed by atoms with Crippen molar-refractivity contribution in [3.8, 4) is 0 Å². The average Bonchev–Trinajstić information content (AvgIpc) is 3.10. The summed E-state index contributed by atoms with van der Waals surface area (Å²) in [7, 11) is 0. The molecule has 1 fully saturated rings. The summed E-state index contributed by atoms with van der Waals surface area (Å²) in [5.74, 6) is -3.54. The number of rotatable bonds is 6. The van der Waals surface area contributed by atoms with Crippen molar-refractivity contribution in [2.45, 2.75) is 25.1 Å². The summed E-state index contributed by atoms with van der Waals surface area (Å²) in [4.78, 5) is 36.3. The van der Waals surface area contributed by atoms with E-state index in [4.69, 9.17) is 39.5 Å². The van der Waals surface area contributed by atoms with Crippen molar-refractivity contribution in [2.24, 2.45) is 0 Å². The zero-order chi connectivity index (χ0) is 21.8. The second-order valence-corrected chi connectivity index (χ2v) is 7.20. The molecule has 1 amide bonds. The van der Waals surface area contributed by atoms with E-state index < -0.39 is 36.5 Å². The van der Waals surface area contributed by atoms with E-state index in [9.17, 15) is 27.6 Å². The summed E-state index contributed by atoms with van der Waals surface area (Å²) in [6.45, 7) is -0.378. The number of nitrogens with one attached hydrogen (secondary N) is 1. The van der Waals surface area contributed by atoms with Gasteiger partial charge >= 0.3 is 12.1 Å². The number of allylic oxidation sites excluding steroid dienone is 1. The number of anilines is 1. The van der Waals surface area contributed by atoms with Crippen LogP contribution in [-0.4, -0.2) is 47.9 Å². The molecule has 1 aliphatic rings. The van der Waals surface area contributed by atoms with Gasteiger partial charge in [-0.3, -0.25) is 9.59 Å². The minimum atomic E-state index is -4.99. The molecule has 1 saturated heterocycles. The summed E-state index contributed by atoms with van der Waals surface area (Å²) in [5, 5.41) is 2.88. The summed E-state index contributed by atoms with van der Waals surface area (Å²) >= 11 is 17.6. The lowest BCUT2D eigenvalue weighted by Crippen LogP contribution is -2.35. The second kappa shape index (κ2) is 9.69. The molecule has 1 aliphatic heterocycles. The number of halogens is 6. The van der Waals surface area contributed by atoms with Gasteiger partial charge < -0.3 is 15.0 Å². The van der Waals surface area contributed by atoms with Gasteiger partial charge in [-0.05, 0) is 25.0 Å². The Morgan fingerprint density at radius 2 is 1.83 bits per heavy atom. The maximum atomic E-state index is 12.3. The highest BCUT2D eigenvalue weighted by Crippen LogP contribution is 2.32. The van der Waals surface area contributed by atoms with Gasteiger partial charge in [-0.25, -0.2) is 4.79 Å². The van der Waals surface area contributed by atoms with Crippen LogP contribution in [0.1, 0.15) is 12.8 Å². The molecule has 0 aliphatic carbocycles. The molecule has 0 aromatic heterocycles. The first-order chi connectivity index (χ1) is 13.5. The highest BCUT2D eigenvalue weighted by molar-refractivity contribution is 6.44. The number of benzene rings is 1. The third kappa shape index (κ3) is 6.52. The molecule has 2 rings (SSSR count). The number of ketones is 1. The van der Waals surface area contributed by atoms with Gasteiger partial charge in [0, 0.05) is 18.8 Å². The van der Waals surface area contributed by atoms with E-state index in [0.29, 0.717) is 18.9 Å². The SMILES string of the molecule is O=C(COC(=O)C1CCCN1/C=C/C(=O)C(F)(F)F)Nc1cc(Cl)c(Cl)cc1Cl. The van der Waals surface area contributed by atoms with Gasteiger partial charge in [0.25, 0.3) is 11.7 Å². The first kappa shape index (κ1) is 23.3. The second-order valence-electron chi connectivity index (χ2n) is 5.98. The first-order valence-electron chi connectivity index (χ1n) is 8.15. The molecule has 1 N–H and O–H groups in total. The van der Waals surface area contributed by atoms with Crippen LogP contribution >= 0.6 is 34.8 Å². The summed E-state index contributed by atoms with van der Waals surface area (Å²) in [6, 6.07) is 1.76. The van der Waals surface area contributed by atoms with E-state index in [1.165, 1.54) is 17.0 Å². The number of hydrogen-bond donors (Lipinski definition) is 1. The molecule has 0 saturated carbocycles. The van der Waals surface area contributed by atoms with E-state index in [2.05, 4.69) is 5.32 Å². The van der Waals surface area contributed by atoms with E-state index in [0.717, 1.165) is 6.20 Å². The van der Waals surface area contributed by atoms with E-state index >= 15 is 0 Å². The van der Waals surface area contributed by atoms with Crippen molar-refractivity contribution in [3.63, 3.8) is 0 Å². The van der Waals surface area contributed by atoms with Crippen molar-refractivity contribution in [2.75, 3.05) is 18.5 Å². The number of amides is 1. The fraction of sp³-hybridized carbons (Fsp3) is 0.353. The largest absolute Gasteiger partial charge is 0.454 e. The Labute approximate surface area is 178 Å². The van der Waals surface area contributed by atoms with Crippen LogP contribution in [0, 0.1) is 0 Å². The van der Waals surface area contributed by atoms with Crippen LogP contribution in [0.5, 0.6) is 0 Å². The Balaban J connectivity index is 1.91.